The fourth-order valence-corrected chi connectivity index (χ4v) is 2.64. The number of anilines is 1. The van der Waals surface area contributed by atoms with Gasteiger partial charge in [0.15, 0.2) is 0 Å². The number of carbonyl (C=O) groups excluding carboxylic acids is 1. The Labute approximate surface area is 138 Å². The first-order valence-corrected chi connectivity index (χ1v) is 7.61. The summed E-state index contributed by atoms with van der Waals surface area (Å²) in [5, 5.41) is 11.8. The van der Waals surface area contributed by atoms with Crippen molar-refractivity contribution in [1.82, 2.24) is 0 Å². The lowest BCUT2D eigenvalue weighted by atomic mass is 10.1. The normalized spacial score (nSPS) is 10.2. The van der Waals surface area contributed by atoms with E-state index in [0.717, 1.165) is 10.0 Å². The van der Waals surface area contributed by atoms with Crippen LogP contribution in [0.4, 0.5) is 5.69 Å². The molecule has 0 saturated heterocycles. The number of halogens is 2. The lowest BCUT2D eigenvalue weighted by Gasteiger charge is -2.09. The molecule has 21 heavy (non-hydrogen) atoms. The first-order valence-electron chi connectivity index (χ1n) is 6.03. The van der Waals surface area contributed by atoms with Gasteiger partial charge in [0.25, 0.3) is 0 Å². The van der Waals surface area contributed by atoms with Crippen molar-refractivity contribution in [3.63, 3.8) is 0 Å². The van der Waals surface area contributed by atoms with Crippen LogP contribution in [0.25, 0.3) is 0 Å². The van der Waals surface area contributed by atoms with E-state index in [-0.39, 0.29) is 23.6 Å². The topological polar surface area (TPSA) is 66.4 Å². The Morgan fingerprint density at radius 1 is 1.05 bits per heavy atom. The summed E-state index contributed by atoms with van der Waals surface area (Å²) in [5.74, 6) is -1.35. The van der Waals surface area contributed by atoms with E-state index in [2.05, 4.69) is 37.2 Å². The molecule has 1 amide bonds. The molecule has 0 aliphatic heterocycles. The summed E-state index contributed by atoms with van der Waals surface area (Å²) < 4.78 is 1.53. The largest absolute Gasteiger partial charge is 0.478 e. The fraction of sp³-hybridized carbons (Fsp3) is 0.0667. The number of benzene rings is 2. The van der Waals surface area contributed by atoms with Crippen LogP contribution in [0, 0.1) is 0 Å². The van der Waals surface area contributed by atoms with Gasteiger partial charge < -0.3 is 10.4 Å². The quantitative estimate of drug-likeness (QED) is 0.794. The number of nitrogens with one attached hydrogen (secondary N) is 1. The predicted molar refractivity (Wildman–Crippen MR) is 87.6 cm³/mol. The van der Waals surface area contributed by atoms with Gasteiger partial charge in [0, 0.05) is 8.95 Å². The first kappa shape index (κ1) is 15.7. The van der Waals surface area contributed by atoms with Crippen molar-refractivity contribution in [3.05, 3.63) is 62.5 Å². The van der Waals surface area contributed by atoms with Crippen LogP contribution in [0.2, 0.25) is 0 Å². The van der Waals surface area contributed by atoms with Crippen molar-refractivity contribution in [2.75, 3.05) is 5.32 Å². The molecule has 0 aromatic heterocycles. The number of hydrogen-bond acceptors (Lipinski definition) is 2. The van der Waals surface area contributed by atoms with Crippen molar-refractivity contribution in [1.29, 1.82) is 0 Å². The molecule has 0 saturated carbocycles. The summed E-state index contributed by atoms with van der Waals surface area (Å²) in [4.78, 5) is 23.2. The molecular formula is C15H11Br2NO3. The zero-order valence-electron chi connectivity index (χ0n) is 10.8. The molecule has 0 heterocycles. The van der Waals surface area contributed by atoms with E-state index in [1.54, 1.807) is 12.1 Å². The minimum atomic E-state index is -1.09. The minimum Gasteiger partial charge on any atom is -0.478 e. The van der Waals surface area contributed by atoms with Crippen LogP contribution in [0.15, 0.2) is 51.4 Å². The van der Waals surface area contributed by atoms with E-state index in [1.807, 2.05) is 24.3 Å². The third-order valence-electron chi connectivity index (χ3n) is 2.74. The van der Waals surface area contributed by atoms with Crippen molar-refractivity contribution < 1.29 is 14.7 Å². The van der Waals surface area contributed by atoms with Gasteiger partial charge >= 0.3 is 5.97 Å². The zero-order valence-corrected chi connectivity index (χ0v) is 13.9. The average Bonchev–Trinajstić information content (AvgIpc) is 2.40. The molecule has 2 aromatic carbocycles. The summed E-state index contributed by atoms with van der Waals surface area (Å²) >= 11 is 6.55. The summed E-state index contributed by atoms with van der Waals surface area (Å²) in [7, 11) is 0. The maximum Gasteiger partial charge on any atom is 0.337 e. The van der Waals surface area contributed by atoms with Gasteiger partial charge in [0.1, 0.15) is 0 Å². The number of carboxylic acids is 1. The van der Waals surface area contributed by atoms with Crippen LogP contribution in [-0.4, -0.2) is 17.0 Å². The molecule has 0 aliphatic carbocycles. The third kappa shape index (κ3) is 4.41. The van der Waals surface area contributed by atoms with Gasteiger partial charge in [-0.05, 0) is 35.9 Å². The Bertz CT molecular complexity index is 701. The van der Waals surface area contributed by atoms with Crippen LogP contribution in [0.5, 0.6) is 0 Å². The van der Waals surface area contributed by atoms with Crippen LogP contribution in [0.1, 0.15) is 15.9 Å². The molecule has 2 aromatic rings. The van der Waals surface area contributed by atoms with Crippen molar-refractivity contribution in [2.45, 2.75) is 6.42 Å². The highest BCUT2D eigenvalue weighted by Crippen LogP contribution is 2.21. The highest BCUT2D eigenvalue weighted by Gasteiger charge is 2.13. The molecule has 2 rings (SSSR count). The van der Waals surface area contributed by atoms with E-state index in [4.69, 9.17) is 5.11 Å². The lowest BCUT2D eigenvalue weighted by molar-refractivity contribution is -0.115. The molecule has 108 valence electrons. The van der Waals surface area contributed by atoms with Crippen LogP contribution >= 0.6 is 31.9 Å². The number of carbonyl (C=O) groups is 2. The lowest BCUT2D eigenvalue weighted by Crippen LogP contribution is -2.16. The highest BCUT2D eigenvalue weighted by molar-refractivity contribution is 9.10. The molecule has 0 unspecified atom stereocenters. The standard InChI is InChI=1S/C15H11Br2NO3/c16-10-3-1-2-9(6-10)7-14(19)18-13-5-4-11(17)8-12(13)15(20)21/h1-6,8H,7H2,(H,18,19)(H,20,21). The molecule has 0 atom stereocenters. The van der Waals surface area contributed by atoms with Crippen LogP contribution in [0.3, 0.4) is 0 Å². The first-order chi connectivity index (χ1) is 9.95. The second-order valence-electron chi connectivity index (χ2n) is 4.35. The predicted octanol–water partition coefficient (Wildman–Crippen LogP) is 4.09. The monoisotopic (exact) mass is 411 g/mol. The maximum absolute atomic E-state index is 12.0. The molecule has 0 aliphatic rings. The van der Waals surface area contributed by atoms with E-state index >= 15 is 0 Å². The van der Waals surface area contributed by atoms with Gasteiger partial charge in [-0.15, -0.1) is 0 Å². The SMILES string of the molecule is O=C(Cc1cccc(Br)c1)Nc1ccc(Br)cc1C(=O)O. The fourth-order valence-electron chi connectivity index (χ4n) is 1.83. The highest BCUT2D eigenvalue weighted by atomic mass is 79.9. The number of carboxylic acid groups (broad SMARTS) is 1. The average molecular weight is 413 g/mol. The smallest absolute Gasteiger partial charge is 0.337 e. The molecule has 0 spiro atoms. The Morgan fingerprint density at radius 3 is 2.43 bits per heavy atom. The van der Waals surface area contributed by atoms with Crippen LogP contribution < -0.4 is 5.32 Å². The van der Waals surface area contributed by atoms with Crippen molar-refractivity contribution >= 4 is 49.4 Å². The van der Waals surface area contributed by atoms with Gasteiger partial charge in [0.2, 0.25) is 5.91 Å². The summed E-state index contributed by atoms with van der Waals surface area (Å²) in [6.07, 6.45) is 0.175. The van der Waals surface area contributed by atoms with Crippen molar-refractivity contribution in [3.8, 4) is 0 Å². The number of aromatic carboxylic acids is 1. The van der Waals surface area contributed by atoms with E-state index < -0.39 is 5.97 Å². The Balaban J connectivity index is 2.15. The maximum atomic E-state index is 12.0. The van der Waals surface area contributed by atoms with E-state index in [9.17, 15) is 9.59 Å². The number of hydrogen-bond donors (Lipinski definition) is 2. The molecule has 0 bridgehead atoms. The molecule has 4 nitrogen and oxygen atoms in total. The van der Waals surface area contributed by atoms with E-state index in [1.165, 1.54) is 6.07 Å². The zero-order chi connectivity index (χ0) is 15.4. The summed E-state index contributed by atoms with van der Waals surface area (Å²) in [6, 6.07) is 12.1. The Kier molecular flexibility index (Phi) is 5.14. The Hall–Kier alpha value is -1.66. The molecule has 0 fully saturated rings. The number of amides is 1. The molecule has 2 N–H and O–H groups in total. The molecule has 0 radical (unpaired) electrons. The van der Waals surface area contributed by atoms with Gasteiger partial charge in [-0.3, -0.25) is 4.79 Å². The van der Waals surface area contributed by atoms with E-state index in [0.29, 0.717) is 4.47 Å². The number of rotatable bonds is 4. The molecule has 6 heteroatoms. The van der Waals surface area contributed by atoms with Crippen molar-refractivity contribution in [2.24, 2.45) is 0 Å². The second-order valence-corrected chi connectivity index (χ2v) is 6.18. The van der Waals surface area contributed by atoms with Crippen LogP contribution in [-0.2, 0) is 11.2 Å². The minimum absolute atomic E-state index is 0.0481. The molecular weight excluding hydrogens is 402 g/mol. The Morgan fingerprint density at radius 2 is 1.76 bits per heavy atom. The van der Waals surface area contributed by atoms with Gasteiger partial charge in [-0.1, -0.05) is 44.0 Å². The summed E-state index contributed by atoms with van der Waals surface area (Å²) in [6.45, 7) is 0. The third-order valence-corrected chi connectivity index (χ3v) is 3.73. The van der Waals surface area contributed by atoms with Gasteiger partial charge in [-0.25, -0.2) is 4.79 Å². The second kappa shape index (κ2) is 6.87. The van der Waals surface area contributed by atoms with Gasteiger partial charge in [-0.2, -0.15) is 0 Å². The van der Waals surface area contributed by atoms with Gasteiger partial charge in [0.05, 0.1) is 17.7 Å². The summed E-state index contributed by atoms with van der Waals surface area (Å²) in [5.41, 5.74) is 1.17.